The number of carbonyl (C=O) groups excluding carboxylic acids is 1. The van der Waals surface area contributed by atoms with Crippen LogP contribution in [0, 0.1) is 0 Å². The quantitative estimate of drug-likeness (QED) is 0.871. The summed E-state index contributed by atoms with van der Waals surface area (Å²) in [7, 11) is 0. The summed E-state index contributed by atoms with van der Waals surface area (Å²) in [5.41, 5.74) is 1.77. The van der Waals surface area contributed by atoms with Crippen LogP contribution in [0.15, 0.2) is 54.6 Å². The Morgan fingerprint density at radius 3 is 2.29 bits per heavy atom. The van der Waals surface area contributed by atoms with Crippen molar-refractivity contribution in [2.24, 2.45) is 0 Å². The molecule has 3 nitrogen and oxygen atoms in total. The largest absolute Gasteiger partial charge is 0.494 e. The highest BCUT2D eigenvalue weighted by Gasteiger charge is 2.13. The first-order valence-corrected chi connectivity index (χ1v) is 7.33. The SMILES string of the molecule is CCOc1ccc(C(=O)NC(CC)c2ccccc2)cc1. The predicted octanol–water partition coefficient (Wildman–Crippen LogP) is 3.97. The van der Waals surface area contributed by atoms with Crippen LogP contribution in [0.5, 0.6) is 5.75 Å². The molecule has 3 heteroatoms. The fraction of sp³-hybridized carbons (Fsp3) is 0.278. The van der Waals surface area contributed by atoms with Crippen LogP contribution in [0.1, 0.15) is 42.2 Å². The molecule has 1 unspecified atom stereocenters. The van der Waals surface area contributed by atoms with E-state index in [0.717, 1.165) is 17.7 Å². The van der Waals surface area contributed by atoms with E-state index in [1.54, 1.807) is 12.1 Å². The van der Waals surface area contributed by atoms with E-state index in [4.69, 9.17) is 4.74 Å². The summed E-state index contributed by atoms with van der Waals surface area (Å²) in [6.07, 6.45) is 0.854. The summed E-state index contributed by atoms with van der Waals surface area (Å²) in [5.74, 6) is 0.720. The molecule has 0 saturated carbocycles. The molecule has 21 heavy (non-hydrogen) atoms. The molecule has 1 atom stereocenters. The summed E-state index contributed by atoms with van der Waals surface area (Å²) in [4.78, 5) is 12.3. The monoisotopic (exact) mass is 283 g/mol. The number of nitrogens with one attached hydrogen (secondary N) is 1. The number of ether oxygens (including phenoxy) is 1. The number of rotatable bonds is 6. The molecule has 110 valence electrons. The van der Waals surface area contributed by atoms with Gasteiger partial charge in [-0.25, -0.2) is 0 Å². The Morgan fingerprint density at radius 1 is 1.05 bits per heavy atom. The Hall–Kier alpha value is -2.29. The van der Waals surface area contributed by atoms with E-state index in [1.807, 2.05) is 49.4 Å². The minimum atomic E-state index is -0.0613. The van der Waals surface area contributed by atoms with Gasteiger partial charge in [-0.15, -0.1) is 0 Å². The van der Waals surface area contributed by atoms with Crippen LogP contribution in [-0.2, 0) is 0 Å². The molecular weight excluding hydrogens is 262 g/mol. The minimum Gasteiger partial charge on any atom is -0.494 e. The van der Waals surface area contributed by atoms with Gasteiger partial charge in [0.15, 0.2) is 0 Å². The first-order chi connectivity index (χ1) is 10.2. The van der Waals surface area contributed by atoms with Crippen molar-refractivity contribution in [1.29, 1.82) is 0 Å². The van der Waals surface area contributed by atoms with E-state index in [-0.39, 0.29) is 11.9 Å². The third kappa shape index (κ3) is 4.09. The Labute approximate surface area is 126 Å². The molecule has 1 amide bonds. The second-order valence-electron chi connectivity index (χ2n) is 4.80. The normalized spacial score (nSPS) is 11.7. The van der Waals surface area contributed by atoms with E-state index < -0.39 is 0 Å². The molecule has 0 saturated heterocycles. The zero-order chi connectivity index (χ0) is 15.1. The summed E-state index contributed by atoms with van der Waals surface area (Å²) >= 11 is 0. The van der Waals surface area contributed by atoms with Crippen molar-refractivity contribution in [3.8, 4) is 5.75 Å². The smallest absolute Gasteiger partial charge is 0.251 e. The van der Waals surface area contributed by atoms with Gasteiger partial charge in [0.2, 0.25) is 0 Å². The lowest BCUT2D eigenvalue weighted by Crippen LogP contribution is -2.28. The van der Waals surface area contributed by atoms with Crippen molar-refractivity contribution in [3.63, 3.8) is 0 Å². The van der Waals surface area contributed by atoms with Crippen molar-refractivity contribution in [1.82, 2.24) is 5.32 Å². The molecule has 0 aliphatic rings. The van der Waals surface area contributed by atoms with Crippen molar-refractivity contribution < 1.29 is 9.53 Å². The van der Waals surface area contributed by atoms with Gasteiger partial charge in [0.25, 0.3) is 5.91 Å². The molecule has 0 aliphatic carbocycles. The van der Waals surface area contributed by atoms with Crippen LogP contribution in [0.25, 0.3) is 0 Å². The van der Waals surface area contributed by atoms with Crippen LogP contribution in [0.4, 0.5) is 0 Å². The zero-order valence-corrected chi connectivity index (χ0v) is 12.5. The number of hydrogen-bond donors (Lipinski definition) is 1. The average Bonchev–Trinajstić information content (AvgIpc) is 2.54. The number of carbonyl (C=O) groups is 1. The molecule has 2 aromatic carbocycles. The number of amides is 1. The maximum Gasteiger partial charge on any atom is 0.251 e. The van der Waals surface area contributed by atoms with Crippen molar-refractivity contribution in [2.75, 3.05) is 6.61 Å². The van der Waals surface area contributed by atoms with Crippen LogP contribution < -0.4 is 10.1 Å². The molecular formula is C18H21NO2. The van der Waals surface area contributed by atoms with Gasteiger partial charge in [0, 0.05) is 5.56 Å². The van der Waals surface area contributed by atoms with Gasteiger partial charge in [-0.3, -0.25) is 4.79 Å². The summed E-state index contributed by atoms with van der Waals surface area (Å²) in [6, 6.07) is 17.3. The highest BCUT2D eigenvalue weighted by Crippen LogP contribution is 2.18. The Balaban J connectivity index is 2.05. The molecule has 2 aromatic rings. The fourth-order valence-corrected chi connectivity index (χ4v) is 2.22. The first kappa shape index (κ1) is 15.1. The zero-order valence-electron chi connectivity index (χ0n) is 12.5. The molecule has 0 bridgehead atoms. The lowest BCUT2D eigenvalue weighted by Gasteiger charge is -2.17. The minimum absolute atomic E-state index is 0.0327. The van der Waals surface area contributed by atoms with Crippen molar-refractivity contribution >= 4 is 5.91 Å². The molecule has 0 aliphatic heterocycles. The van der Waals surface area contributed by atoms with Crippen molar-refractivity contribution in [3.05, 3.63) is 65.7 Å². The second-order valence-corrected chi connectivity index (χ2v) is 4.80. The molecule has 2 rings (SSSR count). The fourth-order valence-electron chi connectivity index (χ4n) is 2.22. The van der Waals surface area contributed by atoms with Gasteiger partial charge in [-0.1, -0.05) is 37.3 Å². The predicted molar refractivity (Wildman–Crippen MR) is 84.6 cm³/mol. The van der Waals surface area contributed by atoms with Gasteiger partial charge in [0.1, 0.15) is 5.75 Å². The average molecular weight is 283 g/mol. The lowest BCUT2D eigenvalue weighted by molar-refractivity contribution is 0.0935. The molecule has 0 heterocycles. The summed E-state index contributed by atoms with van der Waals surface area (Å²) in [5, 5.41) is 3.07. The molecule has 0 radical (unpaired) electrons. The third-order valence-electron chi connectivity index (χ3n) is 3.34. The van der Waals surface area contributed by atoms with Gasteiger partial charge in [-0.2, -0.15) is 0 Å². The lowest BCUT2D eigenvalue weighted by atomic mass is 10.0. The summed E-state index contributed by atoms with van der Waals surface area (Å²) in [6.45, 7) is 4.62. The van der Waals surface area contributed by atoms with Crippen LogP contribution in [0.2, 0.25) is 0 Å². The second kappa shape index (κ2) is 7.48. The van der Waals surface area contributed by atoms with E-state index in [0.29, 0.717) is 12.2 Å². The number of benzene rings is 2. The van der Waals surface area contributed by atoms with E-state index in [9.17, 15) is 4.79 Å². The van der Waals surface area contributed by atoms with E-state index in [2.05, 4.69) is 12.2 Å². The van der Waals surface area contributed by atoms with Crippen molar-refractivity contribution in [2.45, 2.75) is 26.3 Å². The Morgan fingerprint density at radius 2 is 1.71 bits per heavy atom. The van der Waals surface area contributed by atoms with Crippen LogP contribution in [0.3, 0.4) is 0 Å². The standard InChI is InChI=1S/C18H21NO2/c1-3-17(14-8-6-5-7-9-14)19-18(20)15-10-12-16(13-11-15)21-4-2/h5-13,17H,3-4H2,1-2H3,(H,19,20). The third-order valence-corrected chi connectivity index (χ3v) is 3.34. The maximum atomic E-state index is 12.3. The van der Waals surface area contributed by atoms with E-state index >= 15 is 0 Å². The van der Waals surface area contributed by atoms with Gasteiger partial charge < -0.3 is 10.1 Å². The molecule has 1 N–H and O–H groups in total. The highest BCUT2D eigenvalue weighted by atomic mass is 16.5. The van der Waals surface area contributed by atoms with Crippen LogP contribution in [-0.4, -0.2) is 12.5 Å². The molecule has 0 fully saturated rings. The maximum absolute atomic E-state index is 12.3. The van der Waals surface area contributed by atoms with Gasteiger partial charge in [0.05, 0.1) is 12.6 Å². The highest BCUT2D eigenvalue weighted by molar-refractivity contribution is 5.94. The topological polar surface area (TPSA) is 38.3 Å². The Bertz CT molecular complexity index is 564. The number of hydrogen-bond acceptors (Lipinski definition) is 2. The van der Waals surface area contributed by atoms with Gasteiger partial charge >= 0.3 is 0 Å². The molecule has 0 aromatic heterocycles. The summed E-state index contributed by atoms with van der Waals surface area (Å²) < 4.78 is 5.38. The first-order valence-electron chi connectivity index (χ1n) is 7.33. The Kier molecular flexibility index (Phi) is 5.38. The molecule has 0 spiro atoms. The van der Waals surface area contributed by atoms with Gasteiger partial charge in [-0.05, 0) is 43.2 Å². The van der Waals surface area contributed by atoms with E-state index in [1.165, 1.54) is 0 Å². The van der Waals surface area contributed by atoms with Crippen LogP contribution >= 0.6 is 0 Å².